The summed E-state index contributed by atoms with van der Waals surface area (Å²) in [6.45, 7) is 7.06. The van der Waals surface area contributed by atoms with Crippen LogP contribution in [-0.2, 0) is 9.47 Å². The number of amides is 1. The average molecular weight is 294 g/mol. The Balaban J connectivity index is 2.22. The number of aryl methyl sites for hydroxylation is 1. The number of hydrogen-bond acceptors (Lipinski definition) is 4. The van der Waals surface area contributed by atoms with Gasteiger partial charge in [-0.2, -0.15) is 0 Å². The lowest BCUT2D eigenvalue weighted by atomic mass is 10.0. The number of rotatable bonds is 3. The smallest absolute Gasteiger partial charge is 0.255 e. The fourth-order valence-electron chi connectivity index (χ4n) is 2.70. The monoisotopic (exact) mass is 294 g/mol. The van der Waals surface area contributed by atoms with Crippen molar-refractivity contribution in [2.75, 3.05) is 26.8 Å². The Labute approximate surface area is 124 Å². The van der Waals surface area contributed by atoms with E-state index in [1.165, 1.54) is 6.07 Å². The van der Waals surface area contributed by atoms with Crippen molar-refractivity contribution >= 4 is 5.91 Å². The number of aromatic nitrogens is 1. The highest BCUT2D eigenvalue weighted by Gasteiger charge is 2.36. The van der Waals surface area contributed by atoms with Crippen molar-refractivity contribution in [3.63, 3.8) is 0 Å². The number of carbonyl (C=O) groups is 1. The van der Waals surface area contributed by atoms with Gasteiger partial charge in [0.15, 0.2) is 0 Å². The number of methoxy groups -OCH3 is 1. The molecule has 2 rings (SSSR count). The summed E-state index contributed by atoms with van der Waals surface area (Å²) in [5.74, 6) is -0.0961. The van der Waals surface area contributed by atoms with E-state index in [1.54, 1.807) is 25.0 Å². The highest BCUT2D eigenvalue weighted by atomic mass is 16.5. The predicted octanol–water partition coefficient (Wildman–Crippen LogP) is 0.949. The molecule has 1 aromatic rings. The minimum absolute atomic E-state index is 0.0961. The summed E-state index contributed by atoms with van der Waals surface area (Å²) >= 11 is 0. The molecule has 6 heteroatoms. The maximum Gasteiger partial charge on any atom is 0.255 e. The Morgan fingerprint density at radius 1 is 1.52 bits per heavy atom. The summed E-state index contributed by atoms with van der Waals surface area (Å²) in [6, 6.07) is 2.95. The van der Waals surface area contributed by atoms with Crippen LogP contribution in [0.1, 0.15) is 29.9 Å². The second-order valence-electron chi connectivity index (χ2n) is 6.00. The van der Waals surface area contributed by atoms with E-state index >= 15 is 0 Å². The number of nitrogens with one attached hydrogen (secondary N) is 1. The third kappa shape index (κ3) is 3.71. The molecule has 1 aliphatic heterocycles. The molecule has 0 saturated carbocycles. The molecule has 2 heterocycles. The van der Waals surface area contributed by atoms with Gasteiger partial charge in [0.25, 0.3) is 5.91 Å². The molecule has 1 aliphatic rings. The lowest BCUT2D eigenvalue weighted by Crippen LogP contribution is -2.55. The molecule has 0 radical (unpaired) electrons. The number of nitrogens with zero attached hydrogens (tertiary/aromatic N) is 1. The number of morpholine rings is 1. The molecule has 1 atom stereocenters. The molecule has 0 aliphatic carbocycles. The maximum atomic E-state index is 12.7. The Morgan fingerprint density at radius 3 is 2.86 bits per heavy atom. The van der Waals surface area contributed by atoms with Crippen molar-refractivity contribution in [2.24, 2.45) is 0 Å². The molecule has 1 saturated heterocycles. The Bertz CT molecular complexity index is 579. The third-order valence-corrected chi connectivity index (χ3v) is 3.47. The maximum absolute atomic E-state index is 12.7. The summed E-state index contributed by atoms with van der Waals surface area (Å²) in [6.07, 6.45) is -0.147. The summed E-state index contributed by atoms with van der Waals surface area (Å²) in [4.78, 5) is 28.4. The van der Waals surface area contributed by atoms with Gasteiger partial charge >= 0.3 is 0 Å². The second kappa shape index (κ2) is 5.99. The number of pyridine rings is 1. The molecule has 116 valence electrons. The van der Waals surface area contributed by atoms with E-state index in [-0.39, 0.29) is 17.6 Å². The Kier molecular flexibility index (Phi) is 4.49. The molecule has 1 aromatic heterocycles. The second-order valence-corrected chi connectivity index (χ2v) is 6.00. The van der Waals surface area contributed by atoms with E-state index in [9.17, 15) is 9.59 Å². The fraction of sp³-hybridized carbons (Fsp3) is 0.600. The lowest BCUT2D eigenvalue weighted by Gasteiger charge is -2.42. The van der Waals surface area contributed by atoms with E-state index in [0.717, 1.165) is 0 Å². The minimum Gasteiger partial charge on any atom is -0.382 e. The van der Waals surface area contributed by atoms with Gasteiger partial charge in [-0.1, -0.05) is 0 Å². The van der Waals surface area contributed by atoms with Gasteiger partial charge in [-0.25, -0.2) is 0 Å². The molecule has 0 spiro atoms. The molecule has 0 aromatic carbocycles. The van der Waals surface area contributed by atoms with Crippen molar-refractivity contribution in [1.29, 1.82) is 0 Å². The molecule has 6 nitrogen and oxygen atoms in total. The minimum atomic E-state index is -0.423. The van der Waals surface area contributed by atoms with Crippen molar-refractivity contribution < 1.29 is 14.3 Å². The first-order chi connectivity index (χ1) is 9.82. The van der Waals surface area contributed by atoms with Crippen LogP contribution < -0.4 is 5.56 Å². The van der Waals surface area contributed by atoms with Crippen LogP contribution in [0.5, 0.6) is 0 Å². The molecular formula is C15H22N2O4. The van der Waals surface area contributed by atoms with Crippen molar-refractivity contribution in [3.05, 3.63) is 33.7 Å². The van der Waals surface area contributed by atoms with Gasteiger partial charge in [-0.05, 0) is 26.8 Å². The summed E-state index contributed by atoms with van der Waals surface area (Å²) in [5, 5.41) is 0. The van der Waals surface area contributed by atoms with Gasteiger partial charge in [-0.3, -0.25) is 9.59 Å². The number of hydrogen-bond donors (Lipinski definition) is 1. The largest absolute Gasteiger partial charge is 0.382 e. The topological polar surface area (TPSA) is 71.6 Å². The molecule has 21 heavy (non-hydrogen) atoms. The quantitative estimate of drug-likeness (QED) is 0.901. The van der Waals surface area contributed by atoms with Gasteiger partial charge < -0.3 is 19.4 Å². The van der Waals surface area contributed by atoms with E-state index < -0.39 is 5.60 Å². The number of H-pyrrole nitrogens is 1. The van der Waals surface area contributed by atoms with E-state index in [0.29, 0.717) is 31.0 Å². The van der Waals surface area contributed by atoms with Gasteiger partial charge in [0.1, 0.15) is 0 Å². The zero-order valence-corrected chi connectivity index (χ0v) is 12.9. The first kappa shape index (κ1) is 15.7. The molecular weight excluding hydrogens is 272 g/mol. The average Bonchev–Trinajstić information content (AvgIpc) is 2.36. The van der Waals surface area contributed by atoms with Crippen LogP contribution in [0, 0.1) is 6.92 Å². The normalized spacial score (nSPS) is 21.3. The number of carbonyl (C=O) groups excluding carboxylic acids is 1. The summed E-state index contributed by atoms with van der Waals surface area (Å²) in [7, 11) is 1.61. The van der Waals surface area contributed by atoms with E-state index in [2.05, 4.69) is 4.98 Å². The predicted molar refractivity (Wildman–Crippen MR) is 78.5 cm³/mol. The molecule has 1 fully saturated rings. The van der Waals surface area contributed by atoms with Gasteiger partial charge in [0.2, 0.25) is 5.56 Å². The highest BCUT2D eigenvalue weighted by molar-refractivity contribution is 5.95. The van der Waals surface area contributed by atoms with Gasteiger partial charge in [0, 0.05) is 32.0 Å². The van der Waals surface area contributed by atoms with Crippen molar-refractivity contribution in [1.82, 2.24) is 9.88 Å². The molecule has 0 unspecified atom stereocenters. The standard InChI is InChI=1S/C15H22N2O4/c1-10-12(5-6-13(18)16-10)14(19)17-7-11(8-20-4)21-15(2,3)9-17/h5-6,11H,7-9H2,1-4H3,(H,16,18)/t11-/m0/s1. The van der Waals surface area contributed by atoms with E-state index in [1.807, 2.05) is 13.8 Å². The van der Waals surface area contributed by atoms with Crippen LogP contribution in [0.15, 0.2) is 16.9 Å². The molecule has 0 bridgehead atoms. The van der Waals surface area contributed by atoms with Gasteiger partial charge in [0.05, 0.1) is 23.9 Å². The van der Waals surface area contributed by atoms with Crippen LogP contribution >= 0.6 is 0 Å². The lowest BCUT2D eigenvalue weighted by molar-refractivity contribution is -0.143. The summed E-state index contributed by atoms with van der Waals surface area (Å²) in [5.41, 5.74) is 0.472. The zero-order chi connectivity index (χ0) is 15.6. The summed E-state index contributed by atoms with van der Waals surface area (Å²) < 4.78 is 11.0. The van der Waals surface area contributed by atoms with E-state index in [4.69, 9.17) is 9.47 Å². The Morgan fingerprint density at radius 2 is 2.24 bits per heavy atom. The highest BCUT2D eigenvalue weighted by Crippen LogP contribution is 2.23. The van der Waals surface area contributed by atoms with Crippen LogP contribution in [0.3, 0.4) is 0 Å². The Hall–Kier alpha value is -1.66. The van der Waals surface area contributed by atoms with Crippen LogP contribution in [0.2, 0.25) is 0 Å². The number of aromatic amines is 1. The van der Waals surface area contributed by atoms with Crippen molar-refractivity contribution in [2.45, 2.75) is 32.5 Å². The van der Waals surface area contributed by atoms with Gasteiger partial charge in [-0.15, -0.1) is 0 Å². The van der Waals surface area contributed by atoms with Crippen LogP contribution in [0.25, 0.3) is 0 Å². The first-order valence-corrected chi connectivity index (χ1v) is 6.98. The van der Waals surface area contributed by atoms with Crippen LogP contribution in [0.4, 0.5) is 0 Å². The van der Waals surface area contributed by atoms with Crippen molar-refractivity contribution in [3.8, 4) is 0 Å². The third-order valence-electron chi connectivity index (χ3n) is 3.47. The first-order valence-electron chi connectivity index (χ1n) is 6.98. The number of ether oxygens (including phenoxy) is 2. The SMILES string of the molecule is COC[C@@H]1CN(C(=O)c2ccc(=O)[nH]c2C)CC(C)(C)O1. The zero-order valence-electron chi connectivity index (χ0n) is 12.9. The van der Waals surface area contributed by atoms with Crippen LogP contribution in [-0.4, -0.2) is 54.3 Å². The molecule has 1 amide bonds. The fourth-order valence-corrected chi connectivity index (χ4v) is 2.70. The molecule has 1 N–H and O–H groups in total.